The van der Waals surface area contributed by atoms with Crippen molar-refractivity contribution in [3.05, 3.63) is 23.8 Å². The van der Waals surface area contributed by atoms with Crippen molar-refractivity contribution in [2.24, 2.45) is 5.73 Å². The minimum absolute atomic E-state index is 0.148. The molecule has 1 unspecified atom stereocenters. The van der Waals surface area contributed by atoms with Gasteiger partial charge in [0, 0.05) is 5.56 Å². The molecular formula is C16H26N2O3. The first kappa shape index (κ1) is 17.3. The monoisotopic (exact) mass is 294 g/mol. The van der Waals surface area contributed by atoms with Crippen LogP contribution in [-0.2, 0) is 4.79 Å². The van der Waals surface area contributed by atoms with Gasteiger partial charge in [0.15, 0.2) is 0 Å². The summed E-state index contributed by atoms with van der Waals surface area (Å²) in [6, 6.07) is 5.29. The quantitative estimate of drug-likeness (QED) is 0.810. The molecule has 0 aliphatic carbocycles. The number of benzene rings is 1. The van der Waals surface area contributed by atoms with Gasteiger partial charge in [0.25, 0.3) is 0 Å². The molecule has 1 aromatic rings. The van der Waals surface area contributed by atoms with Gasteiger partial charge in [-0.3, -0.25) is 4.79 Å². The zero-order valence-corrected chi connectivity index (χ0v) is 13.5. The molecule has 1 atom stereocenters. The summed E-state index contributed by atoms with van der Waals surface area (Å²) in [7, 11) is 3.21. The van der Waals surface area contributed by atoms with E-state index >= 15 is 0 Å². The molecule has 5 heteroatoms. The minimum Gasteiger partial charge on any atom is -0.497 e. The molecule has 0 aliphatic rings. The average molecular weight is 294 g/mol. The van der Waals surface area contributed by atoms with Gasteiger partial charge in [-0.15, -0.1) is 0 Å². The number of nitrogens with two attached hydrogens (primary N) is 1. The Morgan fingerprint density at radius 1 is 1.29 bits per heavy atom. The van der Waals surface area contributed by atoms with E-state index in [-0.39, 0.29) is 11.9 Å². The third-order valence-electron chi connectivity index (χ3n) is 3.96. The first-order chi connectivity index (χ1) is 9.91. The summed E-state index contributed by atoms with van der Waals surface area (Å²) in [5, 5.41) is 2.97. The lowest BCUT2D eigenvalue weighted by molar-refractivity contribution is -0.127. The summed E-state index contributed by atoms with van der Waals surface area (Å²) in [6.45, 7) is 5.74. The number of amides is 1. The molecule has 0 heterocycles. The van der Waals surface area contributed by atoms with Crippen molar-refractivity contribution in [3.63, 3.8) is 0 Å². The first-order valence-electron chi connectivity index (χ1n) is 7.23. The van der Waals surface area contributed by atoms with Crippen molar-refractivity contribution in [1.82, 2.24) is 5.32 Å². The summed E-state index contributed by atoms with van der Waals surface area (Å²) < 4.78 is 10.6. The fourth-order valence-electron chi connectivity index (χ4n) is 2.17. The molecule has 21 heavy (non-hydrogen) atoms. The van der Waals surface area contributed by atoms with Crippen LogP contribution < -0.4 is 20.5 Å². The Kier molecular flexibility index (Phi) is 6.03. The average Bonchev–Trinajstić information content (AvgIpc) is 2.52. The SMILES string of the molecule is CCC(N)(CC)C(=O)NC(C)c1cc(OC)ccc1OC. The Hall–Kier alpha value is -1.75. The van der Waals surface area contributed by atoms with Gasteiger partial charge < -0.3 is 20.5 Å². The molecule has 1 amide bonds. The number of carbonyl (C=O) groups is 1. The predicted octanol–water partition coefficient (Wildman–Crippen LogP) is 2.40. The first-order valence-corrected chi connectivity index (χ1v) is 7.23. The van der Waals surface area contributed by atoms with Crippen LogP contribution in [0.5, 0.6) is 11.5 Å². The van der Waals surface area contributed by atoms with Crippen LogP contribution in [0, 0.1) is 0 Å². The predicted molar refractivity (Wildman–Crippen MR) is 83.6 cm³/mol. The van der Waals surface area contributed by atoms with Crippen molar-refractivity contribution in [2.45, 2.75) is 45.2 Å². The smallest absolute Gasteiger partial charge is 0.240 e. The third-order valence-corrected chi connectivity index (χ3v) is 3.96. The van der Waals surface area contributed by atoms with Crippen molar-refractivity contribution in [2.75, 3.05) is 14.2 Å². The zero-order chi connectivity index (χ0) is 16.0. The van der Waals surface area contributed by atoms with Gasteiger partial charge >= 0.3 is 0 Å². The highest BCUT2D eigenvalue weighted by molar-refractivity contribution is 5.86. The van der Waals surface area contributed by atoms with Crippen LogP contribution in [0.3, 0.4) is 0 Å². The lowest BCUT2D eigenvalue weighted by Crippen LogP contribution is -2.53. The van der Waals surface area contributed by atoms with E-state index in [2.05, 4.69) is 5.32 Å². The van der Waals surface area contributed by atoms with Crippen LogP contribution in [-0.4, -0.2) is 25.7 Å². The molecular weight excluding hydrogens is 268 g/mol. The molecule has 3 N–H and O–H groups in total. The number of nitrogens with one attached hydrogen (secondary N) is 1. The lowest BCUT2D eigenvalue weighted by Gasteiger charge is -2.28. The van der Waals surface area contributed by atoms with Gasteiger partial charge in [-0.25, -0.2) is 0 Å². The third kappa shape index (κ3) is 3.88. The maximum Gasteiger partial charge on any atom is 0.240 e. The molecule has 5 nitrogen and oxygen atoms in total. The second kappa shape index (κ2) is 7.31. The molecule has 1 rings (SSSR count). The molecule has 118 valence electrons. The second-order valence-electron chi connectivity index (χ2n) is 5.17. The number of ether oxygens (including phenoxy) is 2. The van der Waals surface area contributed by atoms with Gasteiger partial charge in [0.1, 0.15) is 11.5 Å². The normalized spacial score (nSPS) is 12.7. The zero-order valence-electron chi connectivity index (χ0n) is 13.5. The van der Waals surface area contributed by atoms with E-state index in [1.165, 1.54) is 0 Å². The summed E-state index contributed by atoms with van der Waals surface area (Å²) >= 11 is 0. The summed E-state index contributed by atoms with van der Waals surface area (Å²) in [5.74, 6) is 1.28. The Labute approximate surface area is 126 Å². The summed E-state index contributed by atoms with van der Waals surface area (Å²) in [6.07, 6.45) is 1.19. The molecule has 0 saturated heterocycles. The minimum atomic E-state index is -0.833. The fourth-order valence-corrected chi connectivity index (χ4v) is 2.17. The largest absolute Gasteiger partial charge is 0.497 e. The van der Waals surface area contributed by atoms with Crippen LogP contribution in [0.2, 0.25) is 0 Å². The molecule has 1 aromatic carbocycles. The summed E-state index contributed by atoms with van der Waals surface area (Å²) in [5.41, 5.74) is 6.15. The van der Waals surface area contributed by atoms with Gasteiger partial charge in [0.05, 0.1) is 25.8 Å². The maximum absolute atomic E-state index is 12.4. The van der Waals surface area contributed by atoms with E-state index in [9.17, 15) is 4.79 Å². The number of carbonyl (C=O) groups excluding carboxylic acids is 1. The molecule has 0 bridgehead atoms. The van der Waals surface area contributed by atoms with Crippen LogP contribution in [0.1, 0.15) is 45.2 Å². The van der Waals surface area contributed by atoms with Gasteiger partial charge in [-0.2, -0.15) is 0 Å². The Bertz CT molecular complexity index is 484. The van der Waals surface area contributed by atoms with Crippen molar-refractivity contribution >= 4 is 5.91 Å². The van der Waals surface area contributed by atoms with Crippen LogP contribution in [0.25, 0.3) is 0 Å². The standard InChI is InChI=1S/C16H26N2O3/c1-6-16(17,7-2)15(19)18-11(3)13-10-12(20-4)8-9-14(13)21-5/h8-11H,6-7,17H2,1-5H3,(H,18,19). The highest BCUT2D eigenvalue weighted by Crippen LogP contribution is 2.29. The second-order valence-corrected chi connectivity index (χ2v) is 5.17. The molecule has 0 fully saturated rings. The Balaban J connectivity index is 2.98. The van der Waals surface area contributed by atoms with E-state index in [0.29, 0.717) is 18.6 Å². The highest BCUT2D eigenvalue weighted by Gasteiger charge is 2.31. The number of rotatable bonds is 7. The van der Waals surface area contributed by atoms with E-state index in [4.69, 9.17) is 15.2 Å². The van der Waals surface area contributed by atoms with Crippen molar-refractivity contribution in [1.29, 1.82) is 0 Å². The number of methoxy groups -OCH3 is 2. The van der Waals surface area contributed by atoms with E-state index in [0.717, 1.165) is 11.3 Å². The van der Waals surface area contributed by atoms with Gasteiger partial charge in [-0.05, 0) is 38.0 Å². The van der Waals surface area contributed by atoms with Crippen molar-refractivity contribution in [3.8, 4) is 11.5 Å². The van der Waals surface area contributed by atoms with E-state index in [1.54, 1.807) is 14.2 Å². The van der Waals surface area contributed by atoms with E-state index in [1.807, 2.05) is 39.0 Å². The number of hydrogen-bond donors (Lipinski definition) is 2. The Morgan fingerprint density at radius 3 is 2.38 bits per heavy atom. The molecule has 0 spiro atoms. The molecule has 0 aliphatic heterocycles. The Morgan fingerprint density at radius 2 is 1.90 bits per heavy atom. The lowest BCUT2D eigenvalue weighted by atomic mass is 9.92. The van der Waals surface area contributed by atoms with E-state index < -0.39 is 5.54 Å². The summed E-state index contributed by atoms with van der Waals surface area (Å²) in [4.78, 5) is 12.4. The van der Waals surface area contributed by atoms with Gasteiger partial charge in [-0.1, -0.05) is 13.8 Å². The molecule has 0 aromatic heterocycles. The van der Waals surface area contributed by atoms with Gasteiger partial charge in [0.2, 0.25) is 5.91 Å². The fraction of sp³-hybridized carbons (Fsp3) is 0.562. The number of hydrogen-bond acceptors (Lipinski definition) is 4. The van der Waals surface area contributed by atoms with Crippen LogP contribution in [0.4, 0.5) is 0 Å². The highest BCUT2D eigenvalue weighted by atomic mass is 16.5. The topological polar surface area (TPSA) is 73.6 Å². The van der Waals surface area contributed by atoms with Crippen LogP contribution >= 0.6 is 0 Å². The molecule has 0 radical (unpaired) electrons. The molecule has 0 saturated carbocycles. The van der Waals surface area contributed by atoms with Crippen LogP contribution in [0.15, 0.2) is 18.2 Å². The van der Waals surface area contributed by atoms with Crippen molar-refractivity contribution < 1.29 is 14.3 Å². The maximum atomic E-state index is 12.4.